The summed E-state index contributed by atoms with van der Waals surface area (Å²) in [7, 11) is 0. The highest BCUT2D eigenvalue weighted by atomic mass is 16.5. The largest absolute Gasteiger partial charge is 0.451 e. The van der Waals surface area contributed by atoms with Crippen molar-refractivity contribution in [2.24, 2.45) is 0 Å². The minimum Gasteiger partial charge on any atom is -0.451 e. The van der Waals surface area contributed by atoms with Crippen molar-refractivity contribution < 1.29 is 14.3 Å². The summed E-state index contributed by atoms with van der Waals surface area (Å²) in [4.78, 5) is 23.8. The first-order valence-electron chi connectivity index (χ1n) is 6.96. The maximum absolute atomic E-state index is 12.1. The van der Waals surface area contributed by atoms with Gasteiger partial charge >= 0.3 is 5.97 Å². The molecule has 2 aromatic rings. The highest BCUT2D eigenvalue weighted by Crippen LogP contribution is 2.20. The van der Waals surface area contributed by atoms with Gasteiger partial charge in [-0.05, 0) is 42.2 Å². The third-order valence-electron chi connectivity index (χ3n) is 3.73. The minimum atomic E-state index is -0.553. The van der Waals surface area contributed by atoms with Crippen LogP contribution in [-0.4, -0.2) is 17.9 Å². The van der Waals surface area contributed by atoms with Crippen LogP contribution in [-0.2, 0) is 9.53 Å². The molecule has 0 aliphatic heterocycles. The molecule has 3 nitrogen and oxygen atoms in total. The molecule has 3 rings (SSSR count). The van der Waals surface area contributed by atoms with E-state index in [2.05, 4.69) is 0 Å². The number of carbonyl (C=O) groups excluding carboxylic acids is 2. The first kappa shape index (κ1) is 12.9. The fourth-order valence-corrected chi connectivity index (χ4v) is 2.59. The van der Waals surface area contributed by atoms with E-state index in [0.29, 0.717) is 18.4 Å². The van der Waals surface area contributed by atoms with Gasteiger partial charge in [-0.25, -0.2) is 4.79 Å². The number of benzene rings is 2. The molecule has 0 spiro atoms. The van der Waals surface area contributed by atoms with Gasteiger partial charge in [0.05, 0.1) is 5.56 Å². The van der Waals surface area contributed by atoms with Gasteiger partial charge in [-0.2, -0.15) is 0 Å². The van der Waals surface area contributed by atoms with Crippen molar-refractivity contribution in [3.05, 3.63) is 48.0 Å². The van der Waals surface area contributed by atoms with Crippen LogP contribution in [0.3, 0.4) is 0 Å². The van der Waals surface area contributed by atoms with Crippen LogP contribution in [0.15, 0.2) is 42.5 Å². The molecular formula is C17H16O3. The Morgan fingerprint density at radius 2 is 1.85 bits per heavy atom. The fourth-order valence-electron chi connectivity index (χ4n) is 2.59. The summed E-state index contributed by atoms with van der Waals surface area (Å²) in [5, 5.41) is 2.08. The molecular weight excluding hydrogens is 252 g/mol. The van der Waals surface area contributed by atoms with Crippen molar-refractivity contribution in [2.75, 3.05) is 0 Å². The standard InChI is InChI=1S/C17H16O3/c18-15-7-3-4-8-16(15)20-17(19)14-10-9-12-5-1-2-6-13(12)11-14/h1-2,5-6,9-11,16H,3-4,7-8H2/t16-/m1/s1. The first-order valence-corrected chi connectivity index (χ1v) is 6.96. The van der Waals surface area contributed by atoms with Gasteiger partial charge < -0.3 is 4.74 Å². The molecule has 0 saturated heterocycles. The average molecular weight is 268 g/mol. The fraction of sp³-hybridized carbons (Fsp3) is 0.294. The maximum atomic E-state index is 12.1. The molecule has 1 fully saturated rings. The van der Waals surface area contributed by atoms with Crippen LogP contribution in [0.2, 0.25) is 0 Å². The lowest BCUT2D eigenvalue weighted by molar-refractivity contribution is -0.129. The predicted octanol–water partition coefficient (Wildman–Crippen LogP) is 3.51. The lowest BCUT2D eigenvalue weighted by atomic mass is 9.96. The second kappa shape index (κ2) is 5.45. The molecule has 1 atom stereocenters. The van der Waals surface area contributed by atoms with E-state index in [-0.39, 0.29) is 5.78 Å². The van der Waals surface area contributed by atoms with E-state index in [1.165, 1.54) is 0 Å². The zero-order valence-electron chi connectivity index (χ0n) is 11.2. The van der Waals surface area contributed by atoms with Crippen molar-refractivity contribution in [1.29, 1.82) is 0 Å². The number of carbonyl (C=O) groups is 2. The SMILES string of the molecule is O=C(O[C@@H]1CCCCC1=O)c1ccc2ccccc2c1. The summed E-state index contributed by atoms with van der Waals surface area (Å²) in [6, 6.07) is 13.3. The molecule has 1 saturated carbocycles. The normalized spacial score (nSPS) is 19.0. The monoisotopic (exact) mass is 268 g/mol. The molecule has 102 valence electrons. The Balaban J connectivity index is 1.79. The Hall–Kier alpha value is -2.16. The molecule has 0 amide bonds. The Bertz CT molecular complexity index is 660. The quantitative estimate of drug-likeness (QED) is 0.783. The molecule has 3 heteroatoms. The Kier molecular flexibility index (Phi) is 3.50. The summed E-state index contributed by atoms with van der Waals surface area (Å²) in [5.41, 5.74) is 0.502. The molecule has 0 unspecified atom stereocenters. The van der Waals surface area contributed by atoms with Crippen LogP contribution in [0.25, 0.3) is 10.8 Å². The highest BCUT2D eigenvalue weighted by molar-refractivity contribution is 5.97. The molecule has 0 N–H and O–H groups in total. The van der Waals surface area contributed by atoms with Crippen molar-refractivity contribution in [2.45, 2.75) is 31.8 Å². The van der Waals surface area contributed by atoms with E-state index in [1.54, 1.807) is 6.07 Å². The molecule has 0 heterocycles. The van der Waals surface area contributed by atoms with Crippen LogP contribution in [0.5, 0.6) is 0 Å². The lowest BCUT2D eigenvalue weighted by Gasteiger charge is -2.20. The zero-order valence-corrected chi connectivity index (χ0v) is 11.2. The van der Waals surface area contributed by atoms with Gasteiger partial charge in [-0.3, -0.25) is 4.79 Å². The van der Waals surface area contributed by atoms with E-state index in [1.807, 2.05) is 36.4 Å². The van der Waals surface area contributed by atoms with Gasteiger partial charge in [0, 0.05) is 6.42 Å². The molecule has 2 aromatic carbocycles. The van der Waals surface area contributed by atoms with Crippen molar-refractivity contribution in [3.8, 4) is 0 Å². The van der Waals surface area contributed by atoms with Crippen LogP contribution in [0.4, 0.5) is 0 Å². The van der Waals surface area contributed by atoms with Crippen molar-refractivity contribution in [1.82, 2.24) is 0 Å². The first-order chi connectivity index (χ1) is 9.74. The van der Waals surface area contributed by atoms with E-state index in [0.717, 1.165) is 23.6 Å². The van der Waals surface area contributed by atoms with Gasteiger partial charge in [0.1, 0.15) is 0 Å². The van der Waals surface area contributed by atoms with Crippen LogP contribution in [0, 0.1) is 0 Å². The number of esters is 1. The number of rotatable bonds is 2. The third kappa shape index (κ3) is 2.57. The van der Waals surface area contributed by atoms with Gasteiger partial charge in [0.15, 0.2) is 11.9 Å². The third-order valence-corrected chi connectivity index (χ3v) is 3.73. The molecule has 0 aromatic heterocycles. The average Bonchev–Trinajstić information content (AvgIpc) is 2.49. The number of hydrogen-bond donors (Lipinski definition) is 0. The van der Waals surface area contributed by atoms with Crippen LogP contribution in [0.1, 0.15) is 36.0 Å². The Morgan fingerprint density at radius 1 is 1.05 bits per heavy atom. The molecule has 0 bridgehead atoms. The van der Waals surface area contributed by atoms with Gasteiger partial charge in [0.25, 0.3) is 0 Å². The topological polar surface area (TPSA) is 43.4 Å². The highest BCUT2D eigenvalue weighted by Gasteiger charge is 2.26. The maximum Gasteiger partial charge on any atom is 0.338 e. The van der Waals surface area contributed by atoms with E-state index in [4.69, 9.17) is 4.74 Å². The van der Waals surface area contributed by atoms with Crippen LogP contribution >= 0.6 is 0 Å². The van der Waals surface area contributed by atoms with E-state index in [9.17, 15) is 9.59 Å². The van der Waals surface area contributed by atoms with Gasteiger partial charge in [-0.1, -0.05) is 30.3 Å². The molecule has 1 aliphatic carbocycles. The number of ketones is 1. The summed E-state index contributed by atoms with van der Waals surface area (Å²) >= 11 is 0. The summed E-state index contributed by atoms with van der Waals surface area (Å²) in [6.45, 7) is 0. The molecule has 1 aliphatic rings. The predicted molar refractivity (Wildman–Crippen MR) is 76.6 cm³/mol. The lowest BCUT2D eigenvalue weighted by Crippen LogP contribution is -2.30. The van der Waals surface area contributed by atoms with Gasteiger partial charge in [0.2, 0.25) is 0 Å². The Morgan fingerprint density at radius 3 is 2.65 bits per heavy atom. The second-order valence-corrected chi connectivity index (χ2v) is 5.17. The molecule has 20 heavy (non-hydrogen) atoms. The second-order valence-electron chi connectivity index (χ2n) is 5.17. The minimum absolute atomic E-state index is 0.0467. The summed E-state index contributed by atoms with van der Waals surface area (Å²) < 4.78 is 5.35. The van der Waals surface area contributed by atoms with E-state index >= 15 is 0 Å². The number of Topliss-reactive ketones (excluding diaryl/α,β-unsaturated/α-hetero) is 1. The van der Waals surface area contributed by atoms with Gasteiger partial charge in [-0.15, -0.1) is 0 Å². The van der Waals surface area contributed by atoms with Crippen molar-refractivity contribution in [3.63, 3.8) is 0 Å². The van der Waals surface area contributed by atoms with E-state index < -0.39 is 12.1 Å². The molecule has 0 radical (unpaired) electrons. The number of ether oxygens (including phenoxy) is 1. The summed E-state index contributed by atoms with van der Waals surface area (Å²) in [5.74, 6) is -0.360. The number of fused-ring (bicyclic) bond motifs is 1. The summed E-state index contributed by atoms with van der Waals surface area (Å²) in [6.07, 6.45) is 2.47. The number of hydrogen-bond acceptors (Lipinski definition) is 3. The zero-order chi connectivity index (χ0) is 13.9. The Labute approximate surface area is 117 Å². The van der Waals surface area contributed by atoms with Crippen LogP contribution < -0.4 is 0 Å². The smallest absolute Gasteiger partial charge is 0.338 e. The van der Waals surface area contributed by atoms with Crippen molar-refractivity contribution >= 4 is 22.5 Å².